The SMILES string of the molecule is C[C@@H](C(=O)NCCC[NH+]1CCCCC1)c1ccc(OS(C)(=O)=O)cc1.[Cl-]. The first-order valence-corrected chi connectivity index (χ1v) is 10.8. The van der Waals surface area contributed by atoms with E-state index in [0.717, 1.165) is 24.8 Å². The number of halogens is 1. The Morgan fingerprint density at radius 3 is 2.38 bits per heavy atom. The molecule has 0 bridgehead atoms. The zero-order chi connectivity index (χ0) is 18.3. The average Bonchev–Trinajstić information content (AvgIpc) is 2.58. The van der Waals surface area contributed by atoms with E-state index in [0.29, 0.717) is 6.54 Å². The Kier molecular flexibility index (Phi) is 9.39. The van der Waals surface area contributed by atoms with Gasteiger partial charge in [-0.15, -0.1) is 0 Å². The van der Waals surface area contributed by atoms with E-state index < -0.39 is 10.1 Å². The summed E-state index contributed by atoms with van der Waals surface area (Å²) >= 11 is 0. The summed E-state index contributed by atoms with van der Waals surface area (Å²) < 4.78 is 27.0. The average molecular weight is 405 g/mol. The lowest BCUT2D eigenvalue weighted by Crippen LogP contribution is -3.12. The second kappa shape index (κ2) is 10.7. The standard InChI is InChI=1S/C18H28N2O4S.ClH/c1-15(16-7-9-17(10-8-16)24-25(2,22)23)18(21)19-11-6-14-20-12-4-3-5-13-20;/h7-10,15H,3-6,11-14H2,1-2H3,(H,19,21);1H/t15-;/m1./s1. The Morgan fingerprint density at radius 2 is 1.81 bits per heavy atom. The summed E-state index contributed by atoms with van der Waals surface area (Å²) in [7, 11) is -3.53. The molecule has 1 fully saturated rings. The lowest BCUT2D eigenvalue weighted by molar-refractivity contribution is -0.904. The zero-order valence-corrected chi connectivity index (χ0v) is 17.0. The molecule has 1 heterocycles. The fraction of sp³-hybridized carbons (Fsp3) is 0.611. The summed E-state index contributed by atoms with van der Waals surface area (Å²) in [6.45, 7) is 6.17. The molecule has 0 unspecified atom stereocenters. The van der Waals surface area contributed by atoms with Gasteiger partial charge in [-0.1, -0.05) is 12.1 Å². The van der Waals surface area contributed by atoms with E-state index in [1.165, 1.54) is 32.4 Å². The molecule has 6 nitrogen and oxygen atoms in total. The number of hydrogen-bond donors (Lipinski definition) is 2. The van der Waals surface area contributed by atoms with Crippen LogP contribution in [0.25, 0.3) is 0 Å². The highest BCUT2D eigenvalue weighted by Gasteiger charge is 2.16. The molecular weight excluding hydrogens is 376 g/mol. The minimum Gasteiger partial charge on any atom is -1.00 e. The van der Waals surface area contributed by atoms with Gasteiger partial charge in [0.1, 0.15) is 5.75 Å². The number of carbonyl (C=O) groups is 1. The molecule has 148 valence electrons. The second-order valence-electron chi connectivity index (χ2n) is 6.78. The van der Waals surface area contributed by atoms with Crippen molar-refractivity contribution in [2.45, 2.75) is 38.5 Å². The van der Waals surface area contributed by atoms with E-state index in [4.69, 9.17) is 4.18 Å². The Labute approximate surface area is 162 Å². The monoisotopic (exact) mass is 404 g/mol. The van der Waals surface area contributed by atoms with Gasteiger partial charge in [-0.25, -0.2) is 0 Å². The third-order valence-electron chi connectivity index (χ3n) is 4.59. The van der Waals surface area contributed by atoms with Gasteiger partial charge in [-0.05, 0) is 43.9 Å². The van der Waals surface area contributed by atoms with Gasteiger partial charge in [0.05, 0.1) is 31.8 Å². The highest BCUT2D eigenvalue weighted by atomic mass is 35.5. The molecule has 0 radical (unpaired) electrons. The van der Waals surface area contributed by atoms with Gasteiger partial charge in [0, 0.05) is 13.0 Å². The van der Waals surface area contributed by atoms with E-state index >= 15 is 0 Å². The Bertz CT molecular complexity index is 658. The fourth-order valence-corrected chi connectivity index (χ4v) is 3.60. The van der Waals surface area contributed by atoms with Crippen LogP contribution in [-0.2, 0) is 14.9 Å². The van der Waals surface area contributed by atoms with E-state index in [-0.39, 0.29) is 30.0 Å². The fourth-order valence-electron chi connectivity index (χ4n) is 3.14. The molecule has 26 heavy (non-hydrogen) atoms. The first kappa shape index (κ1) is 22.7. The quantitative estimate of drug-likeness (QED) is 0.377. The molecule has 0 saturated carbocycles. The van der Waals surface area contributed by atoms with Crippen molar-refractivity contribution in [1.82, 2.24) is 5.32 Å². The molecule has 1 aromatic rings. The van der Waals surface area contributed by atoms with Crippen LogP contribution in [0.3, 0.4) is 0 Å². The molecule has 2 N–H and O–H groups in total. The van der Waals surface area contributed by atoms with Gasteiger partial charge in [-0.3, -0.25) is 4.79 Å². The van der Waals surface area contributed by atoms with Crippen molar-refractivity contribution in [1.29, 1.82) is 0 Å². The molecule has 0 spiro atoms. The van der Waals surface area contributed by atoms with Crippen molar-refractivity contribution in [3.05, 3.63) is 29.8 Å². The van der Waals surface area contributed by atoms with Crippen molar-refractivity contribution >= 4 is 16.0 Å². The van der Waals surface area contributed by atoms with E-state index in [1.54, 1.807) is 29.2 Å². The summed E-state index contributed by atoms with van der Waals surface area (Å²) in [4.78, 5) is 13.9. The molecule has 1 atom stereocenters. The van der Waals surface area contributed by atoms with E-state index in [1.807, 2.05) is 6.92 Å². The first-order valence-electron chi connectivity index (χ1n) is 8.96. The number of piperidine rings is 1. The number of amides is 1. The highest BCUT2D eigenvalue weighted by Crippen LogP contribution is 2.20. The summed E-state index contributed by atoms with van der Waals surface area (Å²) in [6, 6.07) is 6.59. The van der Waals surface area contributed by atoms with Crippen LogP contribution in [0.4, 0.5) is 0 Å². The van der Waals surface area contributed by atoms with E-state index in [9.17, 15) is 13.2 Å². The summed E-state index contributed by atoms with van der Waals surface area (Å²) in [6.07, 6.45) is 5.98. The smallest absolute Gasteiger partial charge is 0.306 e. The third-order valence-corrected chi connectivity index (χ3v) is 5.08. The van der Waals surface area contributed by atoms with Crippen molar-refractivity contribution in [2.24, 2.45) is 0 Å². The first-order chi connectivity index (χ1) is 11.8. The minimum absolute atomic E-state index is 0. The molecule has 1 aliphatic rings. The lowest BCUT2D eigenvalue weighted by Gasteiger charge is -2.23. The van der Waals surface area contributed by atoms with Crippen molar-refractivity contribution in [3.63, 3.8) is 0 Å². The van der Waals surface area contributed by atoms with Gasteiger partial charge in [0.15, 0.2) is 0 Å². The Morgan fingerprint density at radius 1 is 1.19 bits per heavy atom. The molecule has 1 saturated heterocycles. The normalized spacial score (nSPS) is 16.4. The number of carbonyl (C=O) groups excluding carboxylic acids is 1. The van der Waals surface area contributed by atoms with Gasteiger partial charge >= 0.3 is 10.1 Å². The molecule has 0 aliphatic carbocycles. The minimum atomic E-state index is -3.53. The van der Waals surface area contributed by atoms with Crippen LogP contribution >= 0.6 is 0 Å². The third kappa shape index (κ3) is 7.93. The molecule has 1 aromatic carbocycles. The van der Waals surface area contributed by atoms with E-state index in [2.05, 4.69) is 5.32 Å². The van der Waals surface area contributed by atoms with Gasteiger partial charge < -0.3 is 26.8 Å². The Balaban J connectivity index is 0.00000338. The largest absolute Gasteiger partial charge is 1.00 e. The zero-order valence-electron chi connectivity index (χ0n) is 15.5. The van der Waals surface area contributed by atoms with Crippen LogP contribution in [0.15, 0.2) is 24.3 Å². The van der Waals surface area contributed by atoms with Crippen molar-refractivity contribution < 1.29 is 34.7 Å². The predicted octanol–water partition coefficient (Wildman–Crippen LogP) is -2.29. The van der Waals surface area contributed by atoms with Crippen LogP contribution in [0.1, 0.15) is 44.1 Å². The second-order valence-corrected chi connectivity index (χ2v) is 8.36. The van der Waals surface area contributed by atoms with Gasteiger partial charge in [0.25, 0.3) is 0 Å². The number of quaternary nitrogens is 1. The maximum absolute atomic E-state index is 12.3. The number of rotatable bonds is 8. The van der Waals surface area contributed by atoms with Crippen LogP contribution < -0.4 is 26.8 Å². The topological polar surface area (TPSA) is 76.9 Å². The lowest BCUT2D eigenvalue weighted by atomic mass is 10.0. The number of likely N-dealkylation sites (tertiary alicyclic amines) is 1. The number of nitrogens with one attached hydrogen (secondary N) is 2. The molecular formula is C18H29ClN2O4S. The maximum atomic E-state index is 12.3. The van der Waals surface area contributed by atoms with Crippen LogP contribution in [0.5, 0.6) is 5.75 Å². The highest BCUT2D eigenvalue weighted by molar-refractivity contribution is 7.86. The molecule has 0 aromatic heterocycles. The summed E-state index contributed by atoms with van der Waals surface area (Å²) in [5, 5.41) is 2.99. The van der Waals surface area contributed by atoms with Gasteiger partial charge in [-0.2, -0.15) is 8.42 Å². The van der Waals surface area contributed by atoms with Gasteiger partial charge in [0.2, 0.25) is 5.91 Å². The maximum Gasteiger partial charge on any atom is 0.306 e. The van der Waals surface area contributed by atoms with Crippen LogP contribution in [-0.4, -0.2) is 46.8 Å². The van der Waals surface area contributed by atoms with Crippen molar-refractivity contribution in [2.75, 3.05) is 32.4 Å². The summed E-state index contributed by atoms with van der Waals surface area (Å²) in [5.41, 5.74) is 0.833. The summed E-state index contributed by atoms with van der Waals surface area (Å²) in [5.74, 6) is -0.0385. The van der Waals surface area contributed by atoms with Crippen LogP contribution in [0.2, 0.25) is 0 Å². The number of benzene rings is 1. The molecule has 1 aliphatic heterocycles. The van der Waals surface area contributed by atoms with Crippen molar-refractivity contribution in [3.8, 4) is 5.75 Å². The molecule has 1 amide bonds. The predicted molar refractivity (Wildman–Crippen MR) is 97.4 cm³/mol. The van der Waals surface area contributed by atoms with Crippen LogP contribution in [0, 0.1) is 0 Å². The number of hydrogen-bond acceptors (Lipinski definition) is 4. The Hall–Kier alpha value is -1.31. The molecule has 2 rings (SSSR count). The molecule has 8 heteroatoms.